The molecule has 1 amide bonds. The Morgan fingerprint density at radius 1 is 1.19 bits per heavy atom. The summed E-state index contributed by atoms with van der Waals surface area (Å²) < 4.78 is 13.6. The molecular weight excluding hydrogens is 336 g/mol. The van der Waals surface area contributed by atoms with E-state index in [2.05, 4.69) is 5.10 Å². The molecule has 1 atom stereocenters. The number of hydrogen-bond acceptors (Lipinski definition) is 5. The van der Waals surface area contributed by atoms with Gasteiger partial charge < -0.3 is 14.4 Å². The molecule has 2 heterocycles. The number of methoxy groups -OCH3 is 1. The van der Waals surface area contributed by atoms with Gasteiger partial charge in [0.1, 0.15) is 12.4 Å². The van der Waals surface area contributed by atoms with E-state index in [9.17, 15) is 9.59 Å². The number of amides is 1. The van der Waals surface area contributed by atoms with Gasteiger partial charge >= 0.3 is 5.69 Å². The molecule has 1 aliphatic carbocycles. The summed E-state index contributed by atoms with van der Waals surface area (Å²) in [5.74, 6) is 0.958. The normalized spacial score (nSPS) is 21.5. The lowest BCUT2D eigenvalue weighted by Crippen LogP contribution is -2.42. The quantitative estimate of drug-likeness (QED) is 0.675. The number of hydrogen-bond donors (Lipinski definition) is 0. The van der Waals surface area contributed by atoms with Crippen molar-refractivity contribution < 1.29 is 14.3 Å². The molecule has 1 aromatic rings. The topological polar surface area (TPSA) is 78.6 Å². The zero-order valence-electron chi connectivity index (χ0n) is 15.9. The maximum atomic E-state index is 12.6. The maximum absolute atomic E-state index is 12.6. The Hall–Kier alpha value is -1.67. The Morgan fingerprint density at radius 3 is 2.69 bits per heavy atom. The first-order valence-corrected chi connectivity index (χ1v) is 9.61. The first-order valence-electron chi connectivity index (χ1n) is 9.61. The molecule has 0 spiro atoms. The fourth-order valence-corrected chi connectivity index (χ4v) is 4.09. The van der Waals surface area contributed by atoms with E-state index in [0.29, 0.717) is 19.8 Å². The minimum atomic E-state index is -0.0294. The number of likely N-dealkylation sites (tertiary alicyclic amines) is 1. The van der Waals surface area contributed by atoms with Gasteiger partial charge in [0.15, 0.2) is 0 Å². The number of nitrogens with zero attached hydrogens (tertiary/aromatic N) is 4. The van der Waals surface area contributed by atoms with Gasteiger partial charge in [0, 0.05) is 39.2 Å². The number of aryl methyl sites for hydroxylation is 1. The third-order valence-electron chi connectivity index (χ3n) is 5.47. The van der Waals surface area contributed by atoms with E-state index < -0.39 is 0 Å². The van der Waals surface area contributed by atoms with Gasteiger partial charge in [0.25, 0.3) is 0 Å². The fraction of sp³-hybridized carbons (Fsp3) is 0.833. The molecule has 0 N–H and O–H groups in total. The highest BCUT2D eigenvalue weighted by atomic mass is 16.5. The van der Waals surface area contributed by atoms with Crippen molar-refractivity contribution >= 4 is 5.91 Å². The van der Waals surface area contributed by atoms with E-state index in [1.807, 2.05) is 9.47 Å². The second-order valence-electron chi connectivity index (χ2n) is 7.30. The second kappa shape index (κ2) is 8.81. The minimum absolute atomic E-state index is 0.00324. The van der Waals surface area contributed by atoms with E-state index in [4.69, 9.17) is 9.47 Å². The molecule has 26 heavy (non-hydrogen) atoms. The van der Waals surface area contributed by atoms with Crippen LogP contribution < -0.4 is 5.69 Å². The summed E-state index contributed by atoms with van der Waals surface area (Å²) in [6, 6.07) is 0.259. The smallest absolute Gasteiger partial charge is 0.345 e. The van der Waals surface area contributed by atoms with Crippen LogP contribution in [0, 0.1) is 0 Å². The lowest BCUT2D eigenvalue weighted by molar-refractivity contribution is -0.137. The van der Waals surface area contributed by atoms with Crippen LogP contribution in [0.2, 0.25) is 0 Å². The predicted molar refractivity (Wildman–Crippen MR) is 96.2 cm³/mol. The Morgan fingerprint density at radius 2 is 1.96 bits per heavy atom. The van der Waals surface area contributed by atoms with E-state index in [1.165, 1.54) is 17.5 Å². The number of aromatic nitrogens is 3. The van der Waals surface area contributed by atoms with Gasteiger partial charge in [-0.15, -0.1) is 0 Å². The van der Waals surface area contributed by atoms with E-state index in [1.54, 1.807) is 14.2 Å². The van der Waals surface area contributed by atoms with Crippen LogP contribution in [-0.4, -0.2) is 65.2 Å². The molecule has 1 saturated carbocycles. The Balaban J connectivity index is 1.69. The molecule has 8 nitrogen and oxygen atoms in total. The molecule has 0 bridgehead atoms. The SMILES string of the molecule is COCCOCC(=O)N1CCCC(c2nn(C)c(=O)n2C2CCCC2)C1. The minimum Gasteiger partial charge on any atom is -0.382 e. The van der Waals surface area contributed by atoms with Crippen LogP contribution in [0.4, 0.5) is 0 Å². The Bertz CT molecular complexity index is 663. The zero-order valence-corrected chi connectivity index (χ0v) is 15.9. The van der Waals surface area contributed by atoms with Crippen LogP contribution >= 0.6 is 0 Å². The molecular formula is C18H30N4O4. The van der Waals surface area contributed by atoms with Gasteiger partial charge in [-0.3, -0.25) is 9.36 Å². The fourth-order valence-electron chi connectivity index (χ4n) is 4.09. The van der Waals surface area contributed by atoms with Gasteiger partial charge in [-0.1, -0.05) is 12.8 Å². The summed E-state index contributed by atoms with van der Waals surface area (Å²) in [5.41, 5.74) is -0.0294. The summed E-state index contributed by atoms with van der Waals surface area (Å²) in [5, 5.41) is 4.54. The number of carbonyl (C=O) groups is 1. The van der Waals surface area contributed by atoms with E-state index in [0.717, 1.165) is 38.1 Å². The molecule has 1 unspecified atom stereocenters. The molecule has 0 aromatic carbocycles. The zero-order chi connectivity index (χ0) is 18.5. The monoisotopic (exact) mass is 366 g/mol. The molecule has 146 valence electrons. The number of rotatable bonds is 7. The number of carbonyl (C=O) groups excluding carboxylic acids is 1. The summed E-state index contributed by atoms with van der Waals surface area (Å²) in [7, 11) is 3.32. The third-order valence-corrected chi connectivity index (χ3v) is 5.47. The van der Waals surface area contributed by atoms with Crippen LogP contribution in [0.25, 0.3) is 0 Å². The van der Waals surface area contributed by atoms with Crippen molar-refractivity contribution in [1.29, 1.82) is 0 Å². The first-order chi connectivity index (χ1) is 12.6. The van der Waals surface area contributed by atoms with Crippen molar-refractivity contribution in [2.24, 2.45) is 7.05 Å². The van der Waals surface area contributed by atoms with Crippen LogP contribution in [0.1, 0.15) is 56.3 Å². The summed E-state index contributed by atoms with van der Waals surface area (Å²) >= 11 is 0. The third kappa shape index (κ3) is 4.17. The largest absolute Gasteiger partial charge is 0.382 e. The molecule has 0 radical (unpaired) electrons. The van der Waals surface area contributed by atoms with Gasteiger partial charge in [0.2, 0.25) is 5.91 Å². The molecule has 1 aliphatic heterocycles. The molecule has 3 rings (SSSR count). The van der Waals surface area contributed by atoms with Crippen LogP contribution in [0.3, 0.4) is 0 Å². The number of piperidine rings is 1. The maximum Gasteiger partial charge on any atom is 0.345 e. The average Bonchev–Trinajstić information content (AvgIpc) is 3.27. The van der Waals surface area contributed by atoms with Gasteiger partial charge in [-0.05, 0) is 25.7 Å². The van der Waals surface area contributed by atoms with Crippen LogP contribution in [0.15, 0.2) is 4.79 Å². The van der Waals surface area contributed by atoms with Gasteiger partial charge in [0.05, 0.1) is 13.2 Å². The summed E-state index contributed by atoms with van der Waals surface area (Å²) in [6.45, 7) is 2.32. The van der Waals surface area contributed by atoms with Gasteiger partial charge in [-0.2, -0.15) is 5.10 Å². The molecule has 2 aliphatic rings. The molecule has 2 fully saturated rings. The molecule has 8 heteroatoms. The van der Waals surface area contributed by atoms with Crippen molar-refractivity contribution in [2.45, 2.75) is 50.5 Å². The van der Waals surface area contributed by atoms with Crippen LogP contribution in [-0.2, 0) is 21.3 Å². The lowest BCUT2D eigenvalue weighted by Gasteiger charge is -2.32. The number of ether oxygens (including phenoxy) is 2. The molecule has 1 saturated heterocycles. The van der Waals surface area contributed by atoms with Crippen molar-refractivity contribution in [3.05, 3.63) is 16.3 Å². The van der Waals surface area contributed by atoms with Crippen LogP contribution in [0.5, 0.6) is 0 Å². The highest BCUT2D eigenvalue weighted by Crippen LogP contribution is 2.33. The molecule has 1 aromatic heterocycles. The summed E-state index contributed by atoms with van der Waals surface area (Å²) in [4.78, 5) is 26.9. The first kappa shape index (κ1) is 19.1. The van der Waals surface area contributed by atoms with Crippen molar-refractivity contribution in [3.8, 4) is 0 Å². The predicted octanol–water partition coefficient (Wildman–Crippen LogP) is 1.07. The Kier molecular flexibility index (Phi) is 6.48. The summed E-state index contributed by atoms with van der Waals surface area (Å²) in [6.07, 6.45) is 6.29. The van der Waals surface area contributed by atoms with Gasteiger partial charge in [-0.25, -0.2) is 9.48 Å². The lowest BCUT2D eigenvalue weighted by atomic mass is 9.96. The van der Waals surface area contributed by atoms with Crippen molar-refractivity contribution in [2.75, 3.05) is 40.0 Å². The highest BCUT2D eigenvalue weighted by molar-refractivity contribution is 5.77. The highest BCUT2D eigenvalue weighted by Gasteiger charge is 2.32. The van der Waals surface area contributed by atoms with Crippen molar-refractivity contribution in [3.63, 3.8) is 0 Å². The van der Waals surface area contributed by atoms with E-state index in [-0.39, 0.29) is 30.2 Å². The standard InChI is InChI=1S/C18H30N4O4/c1-20-18(24)22(15-7-3-4-8-15)17(19-20)14-6-5-9-21(12-14)16(23)13-26-11-10-25-2/h14-15H,3-13H2,1-2H3. The Labute approximate surface area is 154 Å². The second-order valence-corrected chi connectivity index (χ2v) is 7.30. The van der Waals surface area contributed by atoms with E-state index >= 15 is 0 Å². The van der Waals surface area contributed by atoms with Crippen molar-refractivity contribution in [1.82, 2.24) is 19.2 Å². The average molecular weight is 366 g/mol.